The first-order valence-corrected chi connectivity index (χ1v) is 6.89. The molecular formula is C16H11ClN4O. The van der Waals surface area contributed by atoms with Crippen molar-refractivity contribution >= 4 is 11.6 Å². The molecule has 0 amide bonds. The second kappa shape index (κ2) is 5.88. The van der Waals surface area contributed by atoms with Crippen molar-refractivity contribution in [2.75, 3.05) is 0 Å². The second-order valence-corrected chi connectivity index (χ2v) is 5.20. The van der Waals surface area contributed by atoms with Crippen LogP contribution in [0.4, 0.5) is 0 Å². The van der Waals surface area contributed by atoms with Crippen molar-refractivity contribution in [2.24, 2.45) is 0 Å². The highest BCUT2D eigenvalue weighted by Gasteiger charge is 2.07. The van der Waals surface area contributed by atoms with E-state index in [0.717, 1.165) is 16.7 Å². The van der Waals surface area contributed by atoms with Gasteiger partial charge in [0.1, 0.15) is 18.4 Å². The first-order valence-electron chi connectivity index (χ1n) is 6.51. The van der Waals surface area contributed by atoms with E-state index < -0.39 is 0 Å². The Hall–Kier alpha value is -2.84. The van der Waals surface area contributed by atoms with Crippen molar-refractivity contribution in [3.05, 3.63) is 65.2 Å². The Balaban J connectivity index is 2.03. The van der Waals surface area contributed by atoms with E-state index >= 15 is 0 Å². The zero-order chi connectivity index (χ0) is 15.5. The van der Waals surface area contributed by atoms with Crippen LogP contribution in [0.15, 0.2) is 49.1 Å². The van der Waals surface area contributed by atoms with Gasteiger partial charge in [-0.05, 0) is 47.0 Å². The minimum atomic E-state index is 0.0321. The van der Waals surface area contributed by atoms with Crippen LogP contribution in [0.2, 0.25) is 5.02 Å². The average Bonchev–Trinajstić information content (AvgIpc) is 3.02. The number of hydrogen-bond acceptors (Lipinski definition) is 4. The Kier molecular flexibility index (Phi) is 3.77. The molecule has 0 bridgehead atoms. The van der Waals surface area contributed by atoms with Gasteiger partial charge in [-0.2, -0.15) is 10.4 Å². The fraction of sp³-hybridized carbons (Fsp3) is 0.0625. The summed E-state index contributed by atoms with van der Waals surface area (Å²) in [5.74, 6) is 0.0321. The van der Waals surface area contributed by atoms with Crippen molar-refractivity contribution in [3.63, 3.8) is 0 Å². The highest BCUT2D eigenvalue weighted by atomic mass is 35.5. The lowest BCUT2D eigenvalue weighted by Crippen LogP contribution is -2.00. The van der Waals surface area contributed by atoms with E-state index in [9.17, 15) is 10.4 Å². The lowest BCUT2D eigenvalue weighted by Gasteiger charge is -2.08. The summed E-state index contributed by atoms with van der Waals surface area (Å²) in [5, 5.41) is 23.1. The molecule has 0 aliphatic heterocycles. The molecular weight excluding hydrogens is 300 g/mol. The Morgan fingerprint density at radius 3 is 2.73 bits per heavy atom. The molecule has 5 nitrogen and oxygen atoms in total. The SMILES string of the molecule is N#Cc1cc(Cn2cncn2)cc(-c2ccc(O)c(Cl)c2)c1. The van der Waals surface area contributed by atoms with Gasteiger partial charge in [0.05, 0.1) is 23.2 Å². The van der Waals surface area contributed by atoms with Gasteiger partial charge < -0.3 is 5.11 Å². The molecule has 108 valence electrons. The molecule has 6 heteroatoms. The third-order valence-corrected chi connectivity index (χ3v) is 3.52. The topological polar surface area (TPSA) is 74.7 Å². The lowest BCUT2D eigenvalue weighted by atomic mass is 10.00. The molecule has 0 unspecified atom stereocenters. The number of rotatable bonds is 3. The van der Waals surface area contributed by atoms with Crippen LogP contribution in [0.5, 0.6) is 5.75 Å². The van der Waals surface area contributed by atoms with E-state index in [0.29, 0.717) is 12.1 Å². The maximum Gasteiger partial charge on any atom is 0.137 e. The zero-order valence-electron chi connectivity index (χ0n) is 11.4. The molecule has 1 heterocycles. The van der Waals surface area contributed by atoms with Gasteiger partial charge in [-0.15, -0.1) is 0 Å². The zero-order valence-corrected chi connectivity index (χ0v) is 12.2. The third-order valence-electron chi connectivity index (χ3n) is 3.21. The summed E-state index contributed by atoms with van der Waals surface area (Å²) in [6.07, 6.45) is 3.09. The number of nitrogens with zero attached hydrogens (tertiary/aromatic N) is 4. The average molecular weight is 311 g/mol. The van der Waals surface area contributed by atoms with Crippen molar-refractivity contribution < 1.29 is 5.11 Å². The van der Waals surface area contributed by atoms with Crippen LogP contribution in [-0.2, 0) is 6.54 Å². The van der Waals surface area contributed by atoms with Crippen LogP contribution >= 0.6 is 11.6 Å². The summed E-state index contributed by atoms with van der Waals surface area (Å²) in [7, 11) is 0. The minimum absolute atomic E-state index is 0.0321. The maximum atomic E-state index is 9.51. The van der Waals surface area contributed by atoms with Gasteiger partial charge in [-0.25, -0.2) is 9.67 Å². The summed E-state index contributed by atoms with van der Waals surface area (Å²) in [4.78, 5) is 3.90. The number of aromatic hydroxyl groups is 1. The number of nitriles is 1. The Morgan fingerprint density at radius 2 is 2.05 bits per heavy atom. The van der Waals surface area contributed by atoms with Crippen LogP contribution in [0.3, 0.4) is 0 Å². The molecule has 0 saturated carbocycles. The molecule has 0 aliphatic rings. The lowest BCUT2D eigenvalue weighted by molar-refractivity contribution is 0.475. The summed E-state index contributed by atoms with van der Waals surface area (Å²) < 4.78 is 1.68. The first-order chi connectivity index (χ1) is 10.7. The van der Waals surface area contributed by atoms with Gasteiger partial charge in [0, 0.05) is 0 Å². The van der Waals surface area contributed by atoms with E-state index in [-0.39, 0.29) is 10.8 Å². The smallest absolute Gasteiger partial charge is 0.137 e. The molecule has 0 fully saturated rings. The molecule has 1 aromatic heterocycles. The van der Waals surface area contributed by atoms with Crippen LogP contribution in [0.1, 0.15) is 11.1 Å². The van der Waals surface area contributed by atoms with Crippen molar-refractivity contribution in [1.82, 2.24) is 14.8 Å². The van der Waals surface area contributed by atoms with Gasteiger partial charge in [-0.3, -0.25) is 0 Å². The minimum Gasteiger partial charge on any atom is -0.506 e. The van der Waals surface area contributed by atoms with E-state index in [1.165, 1.54) is 12.4 Å². The summed E-state index contributed by atoms with van der Waals surface area (Å²) >= 11 is 5.95. The third kappa shape index (κ3) is 2.92. The van der Waals surface area contributed by atoms with Gasteiger partial charge in [-0.1, -0.05) is 17.7 Å². The largest absolute Gasteiger partial charge is 0.506 e. The second-order valence-electron chi connectivity index (χ2n) is 4.79. The molecule has 0 radical (unpaired) electrons. The predicted octanol–water partition coefficient (Wildman–Crippen LogP) is 3.22. The van der Waals surface area contributed by atoms with Crippen molar-refractivity contribution in [2.45, 2.75) is 6.54 Å². The van der Waals surface area contributed by atoms with Gasteiger partial charge >= 0.3 is 0 Å². The molecule has 0 spiro atoms. The van der Waals surface area contributed by atoms with E-state index in [2.05, 4.69) is 16.2 Å². The Bertz CT molecular complexity index is 853. The fourth-order valence-electron chi connectivity index (χ4n) is 2.20. The molecule has 22 heavy (non-hydrogen) atoms. The molecule has 1 N–H and O–H groups in total. The number of aromatic nitrogens is 3. The fourth-order valence-corrected chi connectivity index (χ4v) is 2.38. The van der Waals surface area contributed by atoms with Crippen molar-refractivity contribution in [3.8, 4) is 22.9 Å². The maximum absolute atomic E-state index is 9.51. The molecule has 2 aromatic carbocycles. The van der Waals surface area contributed by atoms with Crippen LogP contribution < -0.4 is 0 Å². The summed E-state index contributed by atoms with van der Waals surface area (Å²) in [5.41, 5.74) is 3.18. The van der Waals surface area contributed by atoms with Gasteiger partial charge in [0.15, 0.2) is 0 Å². The molecule has 0 saturated heterocycles. The Labute approximate surface area is 132 Å². The van der Waals surface area contributed by atoms with E-state index in [1.54, 1.807) is 29.2 Å². The number of benzene rings is 2. The predicted molar refractivity (Wildman–Crippen MR) is 82.4 cm³/mol. The Morgan fingerprint density at radius 1 is 1.18 bits per heavy atom. The first kappa shape index (κ1) is 14.1. The highest BCUT2D eigenvalue weighted by Crippen LogP contribution is 2.30. The normalized spacial score (nSPS) is 10.4. The molecule has 3 rings (SSSR count). The number of hydrogen-bond donors (Lipinski definition) is 1. The summed E-state index contributed by atoms with van der Waals surface area (Å²) in [6, 6.07) is 12.7. The van der Waals surface area contributed by atoms with Crippen LogP contribution in [-0.4, -0.2) is 19.9 Å². The number of halogens is 1. The molecule has 3 aromatic rings. The highest BCUT2D eigenvalue weighted by molar-refractivity contribution is 6.32. The number of phenolic OH excluding ortho intramolecular Hbond substituents is 1. The monoisotopic (exact) mass is 310 g/mol. The van der Waals surface area contributed by atoms with Crippen molar-refractivity contribution in [1.29, 1.82) is 5.26 Å². The molecule has 0 aliphatic carbocycles. The van der Waals surface area contributed by atoms with Gasteiger partial charge in [0.25, 0.3) is 0 Å². The van der Waals surface area contributed by atoms with Gasteiger partial charge in [0.2, 0.25) is 0 Å². The summed E-state index contributed by atoms with van der Waals surface area (Å²) in [6.45, 7) is 0.522. The van der Waals surface area contributed by atoms with Crippen LogP contribution in [0.25, 0.3) is 11.1 Å². The van der Waals surface area contributed by atoms with Crippen LogP contribution in [0, 0.1) is 11.3 Å². The standard InChI is InChI=1S/C16H11ClN4O/c17-15-6-13(1-2-16(15)22)14-4-11(7-18)3-12(5-14)8-21-10-19-9-20-21/h1-6,9-10,22H,8H2. The number of phenols is 1. The molecule has 0 atom stereocenters. The van der Waals surface area contributed by atoms with E-state index in [1.807, 2.05) is 12.1 Å². The van der Waals surface area contributed by atoms with E-state index in [4.69, 9.17) is 11.6 Å². The quantitative estimate of drug-likeness (QED) is 0.806.